The summed E-state index contributed by atoms with van der Waals surface area (Å²) in [6.07, 6.45) is 5.16. The van der Waals surface area contributed by atoms with Crippen molar-refractivity contribution in [2.24, 2.45) is 0 Å². The van der Waals surface area contributed by atoms with Crippen LogP contribution in [0.15, 0.2) is 0 Å². The summed E-state index contributed by atoms with van der Waals surface area (Å²) in [5.74, 6) is -0.881. The monoisotopic (exact) mass is 188 g/mol. The molecule has 0 aliphatic rings. The molecular weight excluding hydrogens is 168 g/mol. The first kappa shape index (κ1) is 12.4. The van der Waals surface area contributed by atoms with E-state index in [4.69, 9.17) is 9.84 Å². The van der Waals surface area contributed by atoms with E-state index in [0.717, 1.165) is 12.8 Å². The van der Waals surface area contributed by atoms with Gasteiger partial charge in [-0.1, -0.05) is 32.6 Å². The molecule has 78 valence electrons. The highest BCUT2D eigenvalue weighted by Crippen LogP contribution is 2.03. The largest absolute Gasteiger partial charge is 0.479 e. The van der Waals surface area contributed by atoms with Gasteiger partial charge in [-0.25, -0.2) is 4.79 Å². The van der Waals surface area contributed by atoms with Gasteiger partial charge in [0, 0.05) is 6.61 Å². The minimum Gasteiger partial charge on any atom is -0.479 e. The van der Waals surface area contributed by atoms with Gasteiger partial charge in [-0.3, -0.25) is 0 Å². The third kappa shape index (κ3) is 7.78. The number of unbranched alkanes of at least 4 members (excludes halogenated alkanes) is 4. The predicted octanol–water partition coefficient (Wildman–Crippen LogP) is 2.45. The first-order valence-corrected chi connectivity index (χ1v) is 5.03. The molecule has 0 aliphatic heterocycles. The Morgan fingerprint density at radius 1 is 1.31 bits per heavy atom. The van der Waals surface area contributed by atoms with Crippen LogP contribution in [0, 0.1) is 0 Å². The Hall–Kier alpha value is -0.570. The Morgan fingerprint density at radius 3 is 2.46 bits per heavy atom. The number of aliphatic carboxylic acids is 1. The molecule has 13 heavy (non-hydrogen) atoms. The van der Waals surface area contributed by atoms with Crippen LogP contribution < -0.4 is 0 Å². The zero-order valence-electron chi connectivity index (χ0n) is 8.58. The minimum atomic E-state index is -0.881. The Morgan fingerprint density at radius 2 is 1.92 bits per heavy atom. The molecule has 1 unspecified atom stereocenters. The van der Waals surface area contributed by atoms with Crippen molar-refractivity contribution >= 4 is 5.97 Å². The van der Waals surface area contributed by atoms with Crippen LogP contribution in [0.4, 0.5) is 0 Å². The number of rotatable bonds is 8. The highest BCUT2D eigenvalue weighted by Gasteiger charge is 2.09. The van der Waals surface area contributed by atoms with Gasteiger partial charge in [0.15, 0.2) is 6.10 Å². The molecule has 0 amide bonds. The quantitative estimate of drug-likeness (QED) is 0.595. The van der Waals surface area contributed by atoms with Gasteiger partial charge in [-0.05, 0) is 13.3 Å². The molecule has 0 aromatic heterocycles. The zero-order valence-corrected chi connectivity index (χ0v) is 8.58. The highest BCUT2D eigenvalue weighted by molar-refractivity contribution is 5.71. The van der Waals surface area contributed by atoms with Gasteiger partial charge in [0.05, 0.1) is 0 Å². The maximum atomic E-state index is 10.3. The van der Waals surface area contributed by atoms with Crippen LogP contribution in [0.1, 0.15) is 46.0 Å². The van der Waals surface area contributed by atoms with Crippen LogP contribution >= 0.6 is 0 Å². The zero-order chi connectivity index (χ0) is 10.1. The highest BCUT2D eigenvalue weighted by atomic mass is 16.5. The molecule has 0 aliphatic carbocycles. The number of carboxylic acids is 1. The van der Waals surface area contributed by atoms with Crippen LogP contribution in [0.2, 0.25) is 0 Å². The molecule has 0 saturated heterocycles. The van der Waals surface area contributed by atoms with E-state index in [1.54, 1.807) is 6.92 Å². The van der Waals surface area contributed by atoms with Gasteiger partial charge in [-0.2, -0.15) is 0 Å². The molecule has 0 bridgehead atoms. The summed E-state index contributed by atoms with van der Waals surface area (Å²) < 4.78 is 5.08. The molecule has 0 saturated carbocycles. The Bertz CT molecular complexity index is 134. The molecule has 0 aromatic rings. The topological polar surface area (TPSA) is 46.5 Å². The van der Waals surface area contributed by atoms with E-state index >= 15 is 0 Å². The summed E-state index contributed by atoms with van der Waals surface area (Å²) in [4.78, 5) is 10.3. The van der Waals surface area contributed by atoms with E-state index < -0.39 is 12.1 Å². The van der Waals surface area contributed by atoms with Gasteiger partial charge >= 0.3 is 5.97 Å². The second-order valence-electron chi connectivity index (χ2n) is 3.27. The first-order valence-electron chi connectivity index (χ1n) is 5.03. The van der Waals surface area contributed by atoms with Crippen molar-refractivity contribution in [2.45, 2.75) is 52.1 Å². The molecule has 1 atom stereocenters. The van der Waals surface area contributed by atoms with E-state index in [1.165, 1.54) is 19.3 Å². The molecular formula is C10H20O3. The fourth-order valence-electron chi connectivity index (χ4n) is 1.04. The van der Waals surface area contributed by atoms with E-state index in [-0.39, 0.29) is 0 Å². The smallest absolute Gasteiger partial charge is 0.332 e. The number of hydrogen-bond donors (Lipinski definition) is 1. The normalized spacial score (nSPS) is 12.8. The standard InChI is InChI=1S/C10H20O3/c1-3-4-5-6-7-8-13-9(2)10(11)12/h9H,3-8H2,1-2H3,(H,11,12). The Balaban J connectivity index is 3.11. The SMILES string of the molecule is CCCCCCCOC(C)C(=O)O. The Labute approximate surface area is 80.1 Å². The number of carboxylic acid groups (broad SMARTS) is 1. The van der Waals surface area contributed by atoms with Crippen LogP contribution in [-0.2, 0) is 9.53 Å². The van der Waals surface area contributed by atoms with Gasteiger partial charge in [0.25, 0.3) is 0 Å². The second kappa shape index (κ2) is 8.05. The van der Waals surface area contributed by atoms with Crippen molar-refractivity contribution in [3.8, 4) is 0 Å². The van der Waals surface area contributed by atoms with E-state index in [0.29, 0.717) is 6.61 Å². The van der Waals surface area contributed by atoms with Crippen molar-refractivity contribution in [3.05, 3.63) is 0 Å². The van der Waals surface area contributed by atoms with E-state index in [1.807, 2.05) is 0 Å². The molecule has 0 aromatic carbocycles. The summed E-state index contributed by atoms with van der Waals surface area (Å²) in [7, 11) is 0. The first-order chi connectivity index (χ1) is 6.18. The molecule has 3 heteroatoms. The van der Waals surface area contributed by atoms with Crippen LogP contribution in [0.5, 0.6) is 0 Å². The van der Waals surface area contributed by atoms with Gasteiger partial charge in [0.2, 0.25) is 0 Å². The second-order valence-corrected chi connectivity index (χ2v) is 3.27. The third-order valence-corrected chi connectivity index (χ3v) is 1.96. The molecule has 1 N–H and O–H groups in total. The molecule has 0 radical (unpaired) electrons. The van der Waals surface area contributed by atoms with Crippen molar-refractivity contribution in [3.63, 3.8) is 0 Å². The summed E-state index contributed by atoms with van der Waals surface area (Å²) in [5.41, 5.74) is 0. The maximum absolute atomic E-state index is 10.3. The minimum absolute atomic E-state index is 0.567. The van der Waals surface area contributed by atoms with Gasteiger partial charge < -0.3 is 9.84 Å². The molecule has 0 rings (SSSR count). The van der Waals surface area contributed by atoms with Crippen molar-refractivity contribution in [1.29, 1.82) is 0 Å². The number of hydrogen-bond acceptors (Lipinski definition) is 2. The molecule has 0 spiro atoms. The van der Waals surface area contributed by atoms with Crippen molar-refractivity contribution in [1.82, 2.24) is 0 Å². The van der Waals surface area contributed by atoms with Gasteiger partial charge in [-0.15, -0.1) is 0 Å². The summed E-state index contributed by atoms with van der Waals surface area (Å²) in [5, 5.41) is 8.50. The maximum Gasteiger partial charge on any atom is 0.332 e. The van der Waals surface area contributed by atoms with E-state index in [9.17, 15) is 4.79 Å². The van der Waals surface area contributed by atoms with Crippen LogP contribution in [0.25, 0.3) is 0 Å². The fourth-order valence-corrected chi connectivity index (χ4v) is 1.04. The summed E-state index contributed by atoms with van der Waals surface area (Å²) in [6, 6.07) is 0. The van der Waals surface area contributed by atoms with Crippen molar-refractivity contribution in [2.75, 3.05) is 6.61 Å². The fraction of sp³-hybridized carbons (Fsp3) is 0.900. The molecule has 0 fully saturated rings. The summed E-state index contributed by atoms with van der Waals surface area (Å²) >= 11 is 0. The van der Waals surface area contributed by atoms with E-state index in [2.05, 4.69) is 6.92 Å². The lowest BCUT2D eigenvalue weighted by Crippen LogP contribution is -2.20. The number of ether oxygens (including phenoxy) is 1. The van der Waals surface area contributed by atoms with Crippen molar-refractivity contribution < 1.29 is 14.6 Å². The third-order valence-electron chi connectivity index (χ3n) is 1.96. The average Bonchev–Trinajstić information content (AvgIpc) is 2.10. The molecule has 3 nitrogen and oxygen atoms in total. The van der Waals surface area contributed by atoms with Crippen LogP contribution in [0.3, 0.4) is 0 Å². The summed E-state index contributed by atoms with van der Waals surface area (Å²) in [6.45, 7) is 4.30. The number of carbonyl (C=O) groups is 1. The molecule has 0 heterocycles. The predicted molar refractivity (Wildman–Crippen MR) is 51.8 cm³/mol. The lowest BCUT2D eigenvalue weighted by Gasteiger charge is -2.07. The Kier molecular flexibility index (Phi) is 7.69. The van der Waals surface area contributed by atoms with Gasteiger partial charge in [0.1, 0.15) is 0 Å². The van der Waals surface area contributed by atoms with Crippen LogP contribution in [-0.4, -0.2) is 23.8 Å². The lowest BCUT2D eigenvalue weighted by atomic mass is 10.2. The lowest BCUT2D eigenvalue weighted by molar-refractivity contribution is -0.149. The average molecular weight is 188 g/mol.